The number of thioether (sulfide) groups is 1. The Labute approximate surface area is 183 Å². The van der Waals surface area contributed by atoms with Gasteiger partial charge in [-0.25, -0.2) is 4.98 Å². The monoisotopic (exact) mass is 421 g/mol. The Bertz CT molecular complexity index is 982. The number of aromatic nitrogens is 2. The summed E-state index contributed by atoms with van der Waals surface area (Å²) >= 11 is 1.82. The van der Waals surface area contributed by atoms with Crippen LogP contribution >= 0.6 is 11.8 Å². The van der Waals surface area contributed by atoms with Crippen molar-refractivity contribution < 1.29 is 0 Å². The molecular formula is C24H31N5S. The van der Waals surface area contributed by atoms with Crippen LogP contribution in [0.25, 0.3) is 10.9 Å². The van der Waals surface area contributed by atoms with Crippen LogP contribution in [0.4, 0.5) is 11.8 Å². The fourth-order valence-corrected chi connectivity index (χ4v) is 4.81. The second-order valence-electron chi connectivity index (χ2n) is 8.17. The predicted octanol–water partition coefficient (Wildman–Crippen LogP) is 4.93. The summed E-state index contributed by atoms with van der Waals surface area (Å²) in [4.78, 5) is 13.0. The summed E-state index contributed by atoms with van der Waals surface area (Å²) in [6.45, 7) is 0.944. The lowest BCUT2D eigenvalue weighted by Gasteiger charge is -2.30. The second kappa shape index (κ2) is 9.67. The predicted molar refractivity (Wildman–Crippen MR) is 129 cm³/mol. The highest BCUT2D eigenvalue weighted by molar-refractivity contribution is 7.98. The highest BCUT2D eigenvalue weighted by Crippen LogP contribution is 2.27. The average Bonchev–Trinajstić information content (AvgIpc) is 2.78. The molecular weight excluding hydrogens is 390 g/mol. The zero-order valence-corrected chi connectivity index (χ0v) is 18.9. The molecule has 0 spiro atoms. The first-order valence-corrected chi connectivity index (χ1v) is 11.9. The fraction of sp³-hybridized carbons (Fsp3) is 0.417. The maximum atomic E-state index is 4.79. The number of benzene rings is 2. The first kappa shape index (κ1) is 20.9. The van der Waals surface area contributed by atoms with Crippen molar-refractivity contribution in [3.05, 3.63) is 54.1 Å². The van der Waals surface area contributed by atoms with Crippen LogP contribution < -0.4 is 15.5 Å². The summed E-state index contributed by atoms with van der Waals surface area (Å²) < 4.78 is 0. The van der Waals surface area contributed by atoms with Crippen LogP contribution in [0.2, 0.25) is 0 Å². The van der Waals surface area contributed by atoms with Crippen LogP contribution in [-0.2, 0) is 6.54 Å². The van der Waals surface area contributed by atoms with Gasteiger partial charge < -0.3 is 15.5 Å². The molecule has 0 atom stereocenters. The van der Waals surface area contributed by atoms with E-state index in [1.807, 2.05) is 38.0 Å². The van der Waals surface area contributed by atoms with Crippen LogP contribution in [-0.4, -0.2) is 42.4 Å². The van der Waals surface area contributed by atoms with Gasteiger partial charge in [-0.15, -0.1) is 11.8 Å². The third-order valence-electron chi connectivity index (χ3n) is 5.84. The number of hydrogen-bond donors (Lipinski definition) is 2. The smallest absolute Gasteiger partial charge is 0.225 e. The first-order valence-electron chi connectivity index (χ1n) is 10.7. The molecule has 2 N–H and O–H groups in total. The molecule has 0 bridgehead atoms. The van der Waals surface area contributed by atoms with Crippen LogP contribution in [0, 0.1) is 0 Å². The number of para-hydroxylation sites is 1. The zero-order chi connectivity index (χ0) is 20.9. The molecule has 1 saturated carbocycles. The van der Waals surface area contributed by atoms with Crippen LogP contribution in [0.3, 0.4) is 0 Å². The molecule has 30 heavy (non-hydrogen) atoms. The number of hydrogen-bond acceptors (Lipinski definition) is 6. The molecule has 1 heterocycles. The molecule has 0 radical (unpaired) electrons. The quantitative estimate of drug-likeness (QED) is 0.528. The van der Waals surface area contributed by atoms with Crippen molar-refractivity contribution in [1.82, 2.24) is 15.3 Å². The Kier molecular flexibility index (Phi) is 6.75. The number of nitrogens with one attached hydrogen (secondary N) is 2. The Morgan fingerprint density at radius 1 is 0.933 bits per heavy atom. The molecule has 4 rings (SSSR count). The van der Waals surface area contributed by atoms with Gasteiger partial charge in [-0.2, -0.15) is 4.98 Å². The highest BCUT2D eigenvalue weighted by atomic mass is 32.2. The Hall–Kier alpha value is -2.31. The van der Waals surface area contributed by atoms with Gasteiger partial charge >= 0.3 is 0 Å². The minimum atomic E-state index is 0.428. The van der Waals surface area contributed by atoms with E-state index in [-0.39, 0.29) is 0 Å². The van der Waals surface area contributed by atoms with Crippen LogP contribution in [0.5, 0.6) is 0 Å². The van der Waals surface area contributed by atoms with E-state index in [0.29, 0.717) is 12.1 Å². The maximum absolute atomic E-state index is 4.79. The lowest BCUT2D eigenvalue weighted by atomic mass is 9.91. The molecule has 5 nitrogen and oxygen atoms in total. The van der Waals surface area contributed by atoms with Crippen molar-refractivity contribution in [2.45, 2.75) is 49.2 Å². The fourth-order valence-electron chi connectivity index (χ4n) is 4.19. The molecule has 6 heteroatoms. The third kappa shape index (κ3) is 4.87. The second-order valence-corrected chi connectivity index (χ2v) is 9.02. The van der Waals surface area contributed by atoms with E-state index in [4.69, 9.17) is 9.97 Å². The summed E-state index contributed by atoms with van der Waals surface area (Å²) in [7, 11) is 4.06. The van der Waals surface area contributed by atoms with Crippen molar-refractivity contribution in [3.63, 3.8) is 0 Å². The van der Waals surface area contributed by atoms with Gasteiger partial charge in [-0.1, -0.05) is 30.3 Å². The average molecular weight is 422 g/mol. The molecule has 3 aromatic rings. The van der Waals surface area contributed by atoms with Gasteiger partial charge in [-0.3, -0.25) is 0 Å². The van der Waals surface area contributed by atoms with E-state index in [2.05, 4.69) is 58.2 Å². The van der Waals surface area contributed by atoms with Gasteiger partial charge in [0, 0.05) is 43.0 Å². The van der Waals surface area contributed by atoms with Crippen molar-refractivity contribution in [1.29, 1.82) is 0 Å². The molecule has 158 valence electrons. The van der Waals surface area contributed by atoms with Gasteiger partial charge in [0.2, 0.25) is 5.95 Å². The van der Waals surface area contributed by atoms with E-state index < -0.39 is 0 Å². The maximum Gasteiger partial charge on any atom is 0.225 e. The van der Waals surface area contributed by atoms with E-state index in [9.17, 15) is 0 Å². The van der Waals surface area contributed by atoms with E-state index >= 15 is 0 Å². The van der Waals surface area contributed by atoms with E-state index in [0.717, 1.165) is 42.1 Å². The molecule has 1 aliphatic carbocycles. The van der Waals surface area contributed by atoms with Crippen LogP contribution in [0.15, 0.2) is 53.4 Å². The van der Waals surface area contributed by atoms with Crippen molar-refractivity contribution >= 4 is 34.4 Å². The summed E-state index contributed by atoms with van der Waals surface area (Å²) in [6, 6.07) is 17.9. The standard InChI is InChI=1S/C24H31N5S/c1-29(2)23-20-9-5-6-10-21(20)27-24(28-23)26-19-14-12-18(13-15-19)25-16-17-8-4-7-11-22(17)30-3/h4-11,18-19,25H,12-16H2,1-3H3,(H,26,27,28)/t18-,19+. The molecule has 1 fully saturated rings. The molecule has 0 aliphatic heterocycles. The van der Waals surface area contributed by atoms with Crippen molar-refractivity contribution in [3.8, 4) is 0 Å². The van der Waals surface area contributed by atoms with Gasteiger partial charge in [0.1, 0.15) is 5.82 Å². The molecule has 0 unspecified atom stereocenters. The lowest BCUT2D eigenvalue weighted by molar-refractivity contribution is 0.351. The van der Waals surface area contributed by atoms with E-state index in [1.165, 1.54) is 23.3 Å². The number of nitrogens with zero attached hydrogens (tertiary/aromatic N) is 3. The van der Waals surface area contributed by atoms with Gasteiger partial charge in [0.25, 0.3) is 0 Å². The Balaban J connectivity index is 1.35. The number of rotatable bonds is 7. The minimum Gasteiger partial charge on any atom is -0.362 e. The molecule has 1 aliphatic rings. The SMILES string of the molecule is CSc1ccccc1CN[C@H]1CC[C@@H](Nc2nc(N(C)C)c3ccccc3n2)CC1. The highest BCUT2D eigenvalue weighted by Gasteiger charge is 2.22. The van der Waals surface area contributed by atoms with Gasteiger partial charge in [0.15, 0.2) is 0 Å². The van der Waals surface area contributed by atoms with Gasteiger partial charge in [-0.05, 0) is 55.7 Å². The first-order chi connectivity index (χ1) is 14.6. The summed E-state index contributed by atoms with van der Waals surface area (Å²) in [6.07, 6.45) is 6.76. The third-order valence-corrected chi connectivity index (χ3v) is 6.68. The van der Waals surface area contributed by atoms with Gasteiger partial charge in [0.05, 0.1) is 5.52 Å². The normalized spacial score (nSPS) is 19.0. The number of fused-ring (bicyclic) bond motifs is 1. The summed E-state index contributed by atoms with van der Waals surface area (Å²) in [5.74, 6) is 1.70. The minimum absolute atomic E-state index is 0.428. The summed E-state index contributed by atoms with van der Waals surface area (Å²) in [5.41, 5.74) is 2.38. The van der Waals surface area contributed by atoms with Crippen LogP contribution in [0.1, 0.15) is 31.2 Å². The summed E-state index contributed by atoms with van der Waals surface area (Å²) in [5, 5.41) is 8.46. The van der Waals surface area contributed by atoms with Crippen molar-refractivity contribution in [2.75, 3.05) is 30.6 Å². The van der Waals surface area contributed by atoms with E-state index in [1.54, 1.807) is 0 Å². The van der Waals surface area contributed by atoms with Crippen molar-refractivity contribution in [2.24, 2.45) is 0 Å². The molecule has 0 saturated heterocycles. The largest absolute Gasteiger partial charge is 0.362 e. The zero-order valence-electron chi connectivity index (χ0n) is 18.1. The Morgan fingerprint density at radius 2 is 1.63 bits per heavy atom. The molecule has 0 amide bonds. The lowest BCUT2D eigenvalue weighted by Crippen LogP contribution is -2.37. The number of anilines is 2. The Morgan fingerprint density at radius 3 is 2.40 bits per heavy atom. The topological polar surface area (TPSA) is 53.1 Å². The molecule has 2 aromatic carbocycles. The molecule has 1 aromatic heterocycles.